The first-order chi connectivity index (χ1) is 6.36. The molecule has 0 aliphatic rings. The molecule has 1 aromatic rings. The molecule has 0 spiro atoms. The molecule has 0 amide bonds. The first-order valence-corrected chi connectivity index (χ1v) is 4.04. The Bertz CT molecular complexity index is 359. The van der Waals surface area contributed by atoms with E-state index in [2.05, 4.69) is 4.98 Å². The lowest BCUT2D eigenvalue weighted by Crippen LogP contribution is -2.03. The maximum absolute atomic E-state index is 12.1. The van der Waals surface area contributed by atoms with Crippen molar-refractivity contribution >= 4 is 17.3 Å². The second-order valence-electron chi connectivity index (χ2n) is 2.23. The minimum Gasteiger partial charge on any atom is -0.477 e. The van der Waals surface area contributed by atoms with E-state index in [9.17, 15) is 22.4 Å². The van der Waals surface area contributed by atoms with Crippen molar-refractivity contribution in [3.05, 3.63) is 15.6 Å². The molecular weight excluding hydrogens is 226 g/mol. The second-order valence-corrected chi connectivity index (χ2v) is 3.23. The molecule has 0 atom stereocenters. The van der Waals surface area contributed by atoms with Gasteiger partial charge in [-0.25, -0.2) is 14.2 Å². The maximum atomic E-state index is 12.1. The number of hydrogen-bond donors (Lipinski definition) is 1. The number of aromatic carboxylic acids is 1. The zero-order valence-corrected chi connectivity index (χ0v) is 7.25. The van der Waals surface area contributed by atoms with Crippen LogP contribution in [-0.4, -0.2) is 16.1 Å². The van der Waals surface area contributed by atoms with E-state index in [0.29, 0.717) is 0 Å². The maximum Gasteiger partial charge on any atom is 0.443 e. The standard InChI is InChI=1S/C6H3F4NO2S/c7-1-2-3(4(12)13)14-5(11-2)6(8,9)10/h1H2,(H,12,13). The summed E-state index contributed by atoms with van der Waals surface area (Å²) >= 11 is -0.0765. The lowest BCUT2D eigenvalue weighted by atomic mass is 10.4. The van der Waals surface area contributed by atoms with E-state index in [1.807, 2.05) is 0 Å². The fraction of sp³-hybridized carbons (Fsp3) is 0.333. The summed E-state index contributed by atoms with van der Waals surface area (Å²) in [6, 6.07) is 0. The van der Waals surface area contributed by atoms with Gasteiger partial charge in [0.05, 0.1) is 5.69 Å². The molecule has 0 saturated carbocycles. The van der Waals surface area contributed by atoms with Gasteiger partial charge in [0, 0.05) is 0 Å². The highest BCUT2D eigenvalue weighted by Gasteiger charge is 2.37. The fourth-order valence-electron chi connectivity index (χ4n) is 0.731. The summed E-state index contributed by atoms with van der Waals surface area (Å²) < 4.78 is 48.1. The normalized spacial score (nSPS) is 11.7. The highest BCUT2D eigenvalue weighted by atomic mass is 32.1. The molecule has 1 aromatic heterocycles. The van der Waals surface area contributed by atoms with E-state index < -0.39 is 34.4 Å². The summed E-state index contributed by atoms with van der Waals surface area (Å²) in [5.41, 5.74) is -0.685. The summed E-state index contributed by atoms with van der Waals surface area (Å²) in [6.07, 6.45) is -4.73. The molecule has 8 heteroatoms. The van der Waals surface area contributed by atoms with Crippen LogP contribution in [0.5, 0.6) is 0 Å². The molecule has 1 rings (SSSR count). The molecule has 78 valence electrons. The number of rotatable bonds is 2. The van der Waals surface area contributed by atoms with E-state index in [4.69, 9.17) is 5.11 Å². The minimum absolute atomic E-state index is 0.0765. The van der Waals surface area contributed by atoms with Gasteiger partial charge in [0.2, 0.25) is 0 Å². The van der Waals surface area contributed by atoms with E-state index >= 15 is 0 Å². The van der Waals surface area contributed by atoms with Crippen LogP contribution >= 0.6 is 11.3 Å². The Hall–Kier alpha value is -1.18. The summed E-state index contributed by atoms with van der Waals surface area (Å²) in [4.78, 5) is 12.5. The quantitative estimate of drug-likeness (QED) is 0.792. The van der Waals surface area contributed by atoms with Gasteiger partial charge in [-0.15, -0.1) is 11.3 Å². The van der Waals surface area contributed by atoms with Crippen molar-refractivity contribution in [2.45, 2.75) is 12.9 Å². The predicted molar refractivity (Wildman–Crippen MR) is 38.9 cm³/mol. The van der Waals surface area contributed by atoms with Gasteiger partial charge in [-0.2, -0.15) is 13.2 Å². The Labute approximate surface area is 79.0 Å². The Morgan fingerprint density at radius 2 is 2.07 bits per heavy atom. The van der Waals surface area contributed by atoms with Crippen LogP contribution in [0.4, 0.5) is 17.6 Å². The van der Waals surface area contributed by atoms with Crippen LogP contribution in [0.15, 0.2) is 0 Å². The van der Waals surface area contributed by atoms with Gasteiger partial charge in [0.25, 0.3) is 0 Å². The predicted octanol–water partition coefficient (Wildman–Crippen LogP) is 2.33. The van der Waals surface area contributed by atoms with Gasteiger partial charge in [-0.05, 0) is 0 Å². The van der Waals surface area contributed by atoms with Crippen LogP contribution in [0.1, 0.15) is 20.4 Å². The van der Waals surface area contributed by atoms with Crippen molar-refractivity contribution in [3.8, 4) is 0 Å². The number of carboxylic acids is 1. The molecule has 14 heavy (non-hydrogen) atoms. The molecule has 0 bridgehead atoms. The van der Waals surface area contributed by atoms with Crippen LogP contribution in [0.3, 0.4) is 0 Å². The van der Waals surface area contributed by atoms with Crippen molar-refractivity contribution < 1.29 is 27.5 Å². The average Bonchev–Trinajstić information content (AvgIpc) is 2.45. The zero-order valence-electron chi connectivity index (χ0n) is 6.43. The number of carbonyl (C=O) groups is 1. The van der Waals surface area contributed by atoms with E-state index in [1.54, 1.807) is 0 Å². The average molecular weight is 229 g/mol. The van der Waals surface area contributed by atoms with Crippen molar-refractivity contribution in [2.75, 3.05) is 0 Å². The topological polar surface area (TPSA) is 50.2 Å². The minimum atomic E-state index is -4.73. The number of nitrogens with zero attached hydrogens (tertiary/aromatic N) is 1. The van der Waals surface area contributed by atoms with Gasteiger partial charge in [-0.3, -0.25) is 0 Å². The highest BCUT2D eigenvalue weighted by molar-refractivity contribution is 7.13. The monoisotopic (exact) mass is 229 g/mol. The smallest absolute Gasteiger partial charge is 0.443 e. The first kappa shape index (κ1) is 10.9. The van der Waals surface area contributed by atoms with Crippen LogP contribution in [0.2, 0.25) is 0 Å². The molecule has 0 aliphatic heterocycles. The summed E-state index contributed by atoms with van der Waals surface area (Å²) in [5.74, 6) is -1.61. The van der Waals surface area contributed by atoms with Gasteiger partial charge in [-0.1, -0.05) is 0 Å². The Morgan fingerprint density at radius 1 is 1.50 bits per heavy atom. The van der Waals surface area contributed by atoms with Gasteiger partial charge in [0.15, 0.2) is 5.01 Å². The number of carboxylic acid groups (broad SMARTS) is 1. The molecular formula is C6H3F4NO2S. The molecule has 0 aromatic carbocycles. The lowest BCUT2D eigenvalue weighted by Gasteiger charge is -1.98. The van der Waals surface area contributed by atoms with Gasteiger partial charge < -0.3 is 5.11 Å². The second kappa shape index (κ2) is 3.52. The molecule has 1 N–H and O–H groups in total. The molecule has 0 saturated heterocycles. The van der Waals surface area contributed by atoms with E-state index in [1.165, 1.54) is 0 Å². The van der Waals surface area contributed by atoms with Crippen molar-refractivity contribution in [3.63, 3.8) is 0 Å². The zero-order chi connectivity index (χ0) is 10.9. The third-order valence-corrected chi connectivity index (χ3v) is 2.39. The van der Waals surface area contributed by atoms with Crippen molar-refractivity contribution in [1.29, 1.82) is 0 Å². The number of aromatic nitrogens is 1. The van der Waals surface area contributed by atoms with Gasteiger partial charge >= 0.3 is 12.1 Å². The first-order valence-electron chi connectivity index (χ1n) is 3.22. The Balaban J connectivity index is 3.20. The van der Waals surface area contributed by atoms with Crippen molar-refractivity contribution in [2.24, 2.45) is 0 Å². The molecule has 3 nitrogen and oxygen atoms in total. The fourth-order valence-corrected chi connectivity index (χ4v) is 1.50. The Morgan fingerprint density at radius 3 is 2.36 bits per heavy atom. The Kier molecular flexibility index (Phi) is 2.74. The molecule has 0 unspecified atom stereocenters. The SMILES string of the molecule is O=C(O)c1sc(C(F)(F)F)nc1CF. The van der Waals surface area contributed by atoms with E-state index in [-0.39, 0.29) is 11.3 Å². The molecule has 0 fully saturated rings. The van der Waals surface area contributed by atoms with Crippen LogP contribution in [0.25, 0.3) is 0 Å². The van der Waals surface area contributed by atoms with E-state index in [0.717, 1.165) is 0 Å². The van der Waals surface area contributed by atoms with Gasteiger partial charge in [0.1, 0.15) is 11.6 Å². The third kappa shape index (κ3) is 2.00. The molecule has 1 heterocycles. The lowest BCUT2D eigenvalue weighted by molar-refractivity contribution is -0.137. The third-order valence-electron chi connectivity index (χ3n) is 1.26. The van der Waals surface area contributed by atoms with Crippen molar-refractivity contribution in [1.82, 2.24) is 4.98 Å². The highest BCUT2D eigenvalue weighted by Crippen LogP contribution is 2.34. The molecule has 0 aliphatic carbocycles. The largest absolute Gasteiger partial charge is 0.477 e. The number of alkyl halides is 4. The van der Waals surface area contributed by atoms with Crippen LogP contribution in [-0.2, 0) is 12.9 Å². The summed E-state index contributed by atoms with van der Waals surface area (Å²) in [7, 11) is 0. The number of thiazole rings is 1. The van der Waals surface area contributed by atoms with Crippen LogP contribution < -0.4 is 0 Å². The number of halogens is 4. The molecule has 0 radical (unpaired) electrons. The van der Waals surface area contributed by atoms with Crippen LogP contribution in [0, 0.1) is 0 Å². The summed E-state index contributed by atoms with van der Waals surface area (Å²) in [6.45, 7) is -1.33. The number of hydrogen-bond acceptors (Lipinski definition) is 3. The summed E-state index contributed by atoms with van der Waals surface area (Å²) in [5, 5.41) is 7.07.